The number of aryl methyl sites for hydroxylation is 2. The first-order valence-corrected chi connectivity index (χ1v) is 45.8. The van der Waals surface area contributed by atoms with Crippen LogP contribution in [-0.2, 0) is 88.3 Å². The van der Waals surface area contributed by atoms with Gasteiger partial charge in [0.1, 0.15) is 45.0 Å². The van der Waals surface area contributed by atoms with Crippen molar-refractivity contribution in [3.05, 3.63) is 135 Å². The summed E-state index contributed by atoms with van der Waals surface area (Å²) >= 11 is 1.93. The number of aromatic hydroxyl groups is 1. The van der Waals surface area contributed by atoms with E-state index in [1.54, 1.807) is 31.2 Å². The minimum atomic E-state index is -5.13. The number of nitrogens with one attached hydrogen (secondary N) is 3. The average molecular weight is 1830 g/mol. The summed E-state index contributed by atoms with van der Waals surface area (Å²) in [6.45, 7) is 4.06. The molecule has 0 amide bonds. The fraction of sp³-hybridized carbons (Fsp3) is 0.274. The highest BCUT2D eigenvalue weighted by atomic mass is 32.2. The largest absolute Gasteiger partial charge is 0.493 e. The van der Waals surface area contributed by atoms with Gasteiger partial charge >= 0.3 is 21.2 Å². The first kappa shape index (κ1) is 95.8. The van der Waals surface area contributed by atoms with Crippen molar-refractivity contribution in [1.29, 1.82) is 5.26 Å². The zero-order valence-corrected chi connectivity index (χ0v) is 68.2. The van der Waals surface area contributed by atoms with Crippen molar-refractivity contribution >= 4 is 203 Å². The van der Waals surface area contributed by atoms with Crippen LogP contribution in [0.4, 0.5) is 80.4 Å². The van der Waals surface area contributed by atoms with E-state index in [1.807, 2.05) is 6.92 Å². The second-order valence-corrected chi connectivity index (χ2v) is 35.7. The maximum atomic E-state index is 12.4. The van der Waals surface area contributed by atoms with Crippen LogP contribution in [-0.4, -0.2) is 185 Å². The number of azo groups is 4. The van der Waals surface area contributed by atoms with E-state index in [1.165, 1.54) is 59.9 Å². The van der Waals surface area contributed by atoms with Gasteiger partial charge < -0.3 is 25.8 Å². The van der Waals surface area contributed by atoms with Crippen molar-refractivity contribution in [3.63, 3.8) is 0 Å². The Morgan fingerprint density at radius 1 is 0.568 bits per heavy atom. The Kier molecular flexibility index (Phi) is 34.0. The number of imidazole rings is 1. The summed E-state index contributed by atoms with van der Waals surface area (Å²) in [4.78, 5) is 27.1. The van der Waals surface area contributed by atoms with Crippen molar-refractivity contribution in [3.8, 4) is 17.7 Å². The monoisotopic (exact) mass is 1830 g/mol. The third-order valence-electron chi connectivity index (χ3n) is 14.9. The second kappa shape index (κ2) is 41.9. The predicted molar refractivity (Wildman–Crippen MR) is 425 cm³/mol. The van der Waals surface area contributed by atoms with Crippen molar-refractivity contribution in [2.24, 2.45) is 40.9 Å². The van der Waals surface area contributed by atoms with Crippen molar-refractivity contribution in [1.82, 2.24) is 24.3 Å². The lowest BCUT2D eigenvalue weighted by atomic mass is 10.0. The fourth-order valence-electron chi connectivity index (χ4n) is 9.93. The van der Waals surface area contributed by atoms with E-state index in [4.69, 9.17) is 30.0 Å². The maximum absolute atomic E-state index is 12.4. The predicted octanol–water partition coefficient (Wildman–Crippen LogP) is 11.7. The van der Waals surface area contributed by atoms with Gasteiger partial charge in [0.2, 0.25) is 23.7 Å². The van der Waals surface area contributed by atoms with Crippen molar-refractivity contribution in [2.75, 3.05) is 63.6 Å². The zero-order valence-electron chi connectivity index (χ0n) is 60.0. The van der Waals surface area contributed by atoms with E-state index < -0.39 is 149 Å². The number of rotatable bonds is 36. The van der Waals surface area contributed by atoms with Gasteiger partial charge in [-0.1, -0.05) is 39.0 Å². The molecule has 10 N–H and O–H groups in total. The van der Waals surface area contributed by atoms with Gasteiger partial charge in [0.15, 0.2) is 11.3 Å². The fourth-order valence-corrected chi connectivity index (χ4v) is 15.2. The molecule has 0 unspecified atom stereocenters. The summed E-state index contributed by atoms with van der Waals surface area (Å²) in [5, 5.41) is 77.8. The third-order valence-corrected chi connectivity index (χ3v) is 22.0. The van der Waals surface area contributed by atoms with Crippen LogP contribution >= 0.6 is 23.5 Å². The van der Waals surface area contributed by atoms with Crippen LogP contribution in [0, 0.1) is 35.3 Å². The zero-order chi connectivity index (χ0) is 86.5. The number of pyridine rings is 1. The Hall–Kier alpha value is -11.0. The lowest BCUT2D eigenvalue weighted by molar-refractivity contribution is -0.385. The number of hydrogen-bond acceptors (Lipinski definition) is 40. The SMILES string of the molecule is C.CCCc1c(N=Nc2cc(C)c(N=Nc3cc(Nc4nc(NCCS(=O)(=O)O)nc(Nc5cccc(S(=O)(=O)O)c5)n4)c(N=Nc4cc(C)c(N=Nc5ccc([N+](=O)[O-])cc5S(=O)(=O)O)cc4SCCCS(=O)(=O)O)cc3SCCCS(=O)(=O)O)cc2OCCCS(=O)(=O)O)c(O)n2c(nc3ccccc32)c1C#N.O=S(=O)=O.O=S(=O)=O. The highest BCUT2D eigenvalue weighted by Gasteiger charge is 2.26. The number of nitrogens with zero attached hydrogens (tertiary/aromatic N) is 15. The van der Waals surface area contributed by atoms with Crippen LogP contribution in [0.1, 0.15) is 62.3 Å². The highest BCUT2D eigenvalue weighted by Crippen LogP contribution is 2.46. The molecule has 3 heterocycles. The summed E-state index contributed by atoms with van der Waals surface area (Å²) < 4.78 is 261. The molecule has 0 saturated heterocycles. The van der Waals surface area contributed by atoms with Crippen molar-refractivity contribution in [2.45, 2.75) is 79.9 Å². The molecule has 0 saturated carbocycles. The molecule has 0 aliphatic rings. The molecule has 0 aliphatic carbocycles. The Morgan fingerprint density at radius 2 is 1.08 bits per heavy atom. The van der Waals surface area contributed by atoms with Gasteiger partial charge in [-0.25, -0.2) is 4.98 Å². The van der Waals surface area contributed by atoms with Crippen LogP contribution in [0.25, 0.3) is 16.7 Å². The van der Waals surface area contributed by atoms with Crippen LogP contribution in [0.15, 0.2) is 164 Å². The lowest BCUT2D eigenvalue weighted by Crippen LogP contribution is -2.17. The number of thioether (sulfide) groups is 2. The van der Waals surface area contributed by atoms with Gasteiger partial charge in [0.25, 0.3) is 66.4 Å². The molecule has 3 aromatic heterocycles. The molecule has 0 bridgehead atoms. The molecule has 0 spiro atoms. The van der Waals surface area contributed by atoms with Crippen LogP contribution in [0.5, 0.6) is 11.6 Å². The molecule has 6 aromatic carbocycles. The maximum Gasteiger partial charge on any atom is 0.425 e. The lowest BCUT2D eigenvalue weighted by Gasteiger charge is -2.15. The Morgan fingerprint density at radius 3 is 1.64 bits per heavy atom. The number of nitro groups is 1. The molecule has 0 atom stereocenters. The molecule has 0 aliphatic heterocycles. The first-order chi connectivity index (χ1) is 54.7. The van der Waals surface area contributed by atoms with E-state index in [-0.39, 0.29) is 147 Å². The highest BCUT2D eigenvalue weighted by molar-refractivity contribution is 7.99. The molecule has 632 valence electrons. The number of fused-ring (bicyclic) bond motifs is 3. The standard InChI is InChI=1S/C61H62N18O22S8.CH4.2O3S/c1-4-11-40-41(34-62)57-65-42-14-5-6-15-51(42)78(57)58(80)56(40)77-74-48-26-35(2)44(31-52(48)101-19-8-22-104(83,84)85)71-76-50-30-46(66-61-68-59(63-18-25-107(92,93)94)67-60(69-61)64-37-12-7-13-39(28-37)108(95,96)97)47(33-54(50)103-21-10-24-106(89,90)91)73-75-49-27-36(3)45(32-53(49)102-20-9-23-105(86,87)88)72-70-43-17-16-38(79(81)82)29-55(43)109(98,99)100;;2*1-4(2)3/h5-7,12-17,26-33,80H,4,8-11,18-25H2,1-3H3,(H,83,84,85)(H,86,87,88)(H,89,90,91)(H,92,93,94)(H,95,96,97)(H,98,99,100)(H3,63,64,66,67,68,69);1H4;;. The quantitative estimate of drug-likeness (QED) is 0.00435. The molecule has 56 heteroatoms. The number of ether oxygens (including phenoxy) is 1. The number of aromatic nitrogens is 5. The van der Waals surface area contributed by atoms with Gasteiger partial charge in [-0.05, 0) is 129 Å². The average Bonchev–Trinajstić information content (AvgIpc) is 1.58. The molecule has 9 rings (SSSR count). The summed E-state index contributed by atoms with van der Waals surface area (Å²) in [6, 6.07) is 24.4. The number of nitriles is 1. The Labute approximate surface area is 682 Å². The van der Waals surface area contributed by atoms with E-state index in [2.05, 4.69) is 82.9 Å². The first-order valence-electron chi connectivity index (χ1n) is 32.5. The van der Waals surface area contributed by atoms with E-state index >= 15 is 0 Å². The van der Waals surface area contributed by atoms with E-state index in [0.29, 0.717) is 34.6 Å². The number of anilines is 5. The van der Waals surface area contributed by atoms with E-state index in [9.17, 15) is 98.3 Å². The molecular formula is C62H66N18O28S10. The summed E-state index contributed by atoms with van der Waals surface area (Å²) in [5.41, 5.74) is 0.376. The molecular weight excluding hydrogens is 1770 g/mol. The van der Waals surface area contributed by atoms with Gasteiger partial charge in [-0.15, -0.1) is 79.5 Å². The number of non-ortho nitro benzene ring substituents is 1. The molecule has 9 aromatic rings. The van der Waals surface area contributed by atoms with Crippen LogP contribution < -0.4 is 20.7 Å². The number of para-hydroxylation sites is 2. The molecule has 46 nitrogen and oxygen atoms in total. The number of benzene rings is 6. The topological polar surface area (TPSA) is 716 Å². The molecule has 0 radical (unpaired) electrons. The summed E-state index contributed by atoms with van der Waals surface area (Å²) in [6.07, 6.45) is 0.160. The normalized spacial score (nSPS) is 12.1. The molecule has 118 heavy (non-hydrogen) atoms. The second-order valence-electron chi connectivity index (χ2n) is 23.5. The van der Waals surface area contributed by atoms with E-state index in [0.717, 1.165) is 47.8 Å². The van der Waals surface area contributed by atoms with Gasteiger partial charge in [-0.3, -0.25) is 41.8 Å². The van der Waals surface area contributed by atoms with Crippen molar-refractivity contribution < 1.29 is 118 Å². The third kappa shape index (κ3) is 29.9. The van der Waals surface area contributed by atoms with Crippen LogP contribution in [0.2, 0.25) is 0 Å². The summed E-state index contributed by atoms with van der Waals surface area (Å²) in [7, 11) is -34.2. The summed E-state index contributed by atoms with van der Waals surface area (Å²) in [5.74, 6) is -4.79. The Balaban J connectivity index is 0.00000229. The minimum absolute atomic E-state index is 0. The smallest absolute Gasteiger partial charge is 0.425 e. The van der Waals surface area contributed by atoms with Gasteiger partial charge in [0, 0.05) is 45.8 Å². The van der Waals surface area contributed by atoms with Gasteiger partial charge in [-0.2, -0.15) is 80.9 Å². The number of nitro benzene ring substituents is 1. The number of hydrogen-bond donors (Lipinski definition) is 10. The van der Waals surface area contributed by atoms with Gasteiger partial charge in [0.05, 0.1) is 73.2 Å². The van der Waals surface area contributed by atoms with Crippen LogP contribution in [0.3, 0.4) is 0 Å². The minimum Gasteiger partial charge on any atom is -0.493 e. The Bertz CT molecular complexity index is 6450. The molecule has 0 fully saturated rings.